The number of rotatable bonds is 5. The predicted molar refractivity (Wildman–Crippen MR) is 77.5 cm³/mol. The summed E-state index contributed by atoms with van der Waals surface area (Å²) in [4.78, 5) is 0. The van der Waals surface area contributed by atoms with Gasteiger partial charge in [-0.15, -0.1) is 0 Å². The van der Waals surface area contributed by atoms with E-state index >= 15 is 0 Å². The Labute approximate surface area is 115 Å². The highest BCUT2D eigenvalue weighted by Gasteiger charge is 2.03. The molecule has 3 nitrogen and oxygen atoms in total. The fourth-order valence-corrected chi connectivity index (χ4v) is 1.84. The molecule has 0 radical (unpaired) electrons. The Balaban J connectivity index is 1.94. The zero-order chi connectivity index (χ0) is 13.8. The summed E-state index contributed by atoms with van der Waals surface area (Å²) in [6.07, 6.45) is 3.70. The first-order valence-electron chi connectivity index (χ1n) is 6.82. The van der Waals surface area contributed by atoms with E-state index in [-0.39, 0.29) is 0 Å². The smallest absolute Gasteiger partial charge is 0.157 e. The SMILES string of the molecule is CC(C)c1ccc(COc2cnn(C(C)C)c2)cc1. The van der Waals surface area contributed by atoms with Gasteiger partial charge in [-0.25, -0.2) is 0 Å². The molecule has 0 amide bonds. The summed E-state index contributed by atoms with van der Waals surface area (Å²) in [5.74, 6) is 1.39. The van der Waals surface area contributed by atoms with Crippen molar-refractivity contribution in [1.29, 1.82) is 0 Å². The van der Waals surface area contributed by atoms with Crippen molar-refractivity contribution in [2.24, 2.45) is 0 Å². The Kier molecular flexibility index (Phi) is 4.25. The normalized spacial score (nSPS) is 11.3. The minimum absolute atomic E-state index is 0.364. The van der Waals surface area contributed by atoms with Crippen LogP contribution in [0.4, 0.5) is 0 Å². The summed E-state index contributed by atoms with van der Waals surface area (Å²) in [7, 11) is 0. The standard InChI is InChI=1S/C16H22N2O/c1-12(2)15-7-5-14(6-8-15)11-19-16-9-17-18(10-16)13(3)4/h5-10,12-13H,11H2,1-4H3. The van der Waals surface area contributed by atoms with E-state index in [1.165, 1.54) is 11.1 Å². The molecule has 2 rings (SSSR count). The third-order valence-corrected chi connectivity index (χ3v) is 3.16. The van der Waals surface area contributed by atoms with Crippen molar-refractivity contribution in [3.05, 3.63) is 47.8 Å². The molecule has 1 heterocycles. The number of hydrogen-bond acceptors (Lipinski definition) is 2. The highest BCUT2D eigenvalue weighted by Crippen LogP contribution is 2.17. The van der Waals surface area contributed by atoms with Crippen molar-refractivity contribution in [2.75, 3.05) is 0 Å². The van der Waals surface area contributed by atoms with Crippen LogP contribution in [0.2, 0.25) is 0 Å². The van der Waals surface area contributed by atoms with E-state index < -0.39 is 0 Å². The molecule has 0 bridgehead atoms. The van der Waals surface area contributed by atoms with Crippen LogP contribution in [0.1, 0.15) is 50.8 Å². The number of benzene rings is 1. The van der Waals surface area contributed by atoms with Crippen LogP contribution in [0, 0.1) is 0 Å². The Morgan fingerprint density at radius 1 is 1.11 bits per heavy atom. The Morgan fingerprint density at radius 3 is 2.32 bits per heavy atom. The maximum atomic E-state index is 5.74. The van der Waals surface area contributed by atoms with E-state index in [1.807, 2.05) is 10.9 Å². The topological polar surface area (TPSA) is 27.1 Å². The average molecular weight is 258 g/mol. The van der Waals surface area contributed by atoms with Crippen molar-refractivity contribution < 1.29 is 4.74 Å². The maximum Gasteiger partial charge on any atom is 0.157 e. The highest BCUT2D eigenvalue weighted by atomic mass is 16.5. The molecule has 0 unspecified atom stereocenters. The van der Waals surface area contributed by atoms with Crippen molar-refractivity contribution in [3.63, 3.8) is 0 Å². The van der Waals surface area contributed by atoms with Gasteiger partial charge in [-0.2, -0.15) is 5.10 Å². The lowest BCUT2D eigenvalue weighted by molar-refractivity contribution is 0.305. The second-order valence-electron chi connectivity index (χ2n) is 5.43. The summed E-state index contributed by atoms with van der Waals surface area (Å²) in [6.45, 7) is 9.18. The summed E-state index contributed by atoms with van der Waals surface area (Å²) >= 11 is 0. The number of aromatic nitrogens is 2. The fourth-order valence-electron chi connectivity index (χ4n) is 1.84. The minimum atomic E-state index is 0.364. The molecule has 0 fully saturated rings. The first-order chi connectivity index (χ1) is 9.06. The number of hydrogen-bond donors (Lipinski definition) is 0. The molecule has 102 valence electrons. The largest absolute Gasteiger partial charge is 0.486 e. The zero-order valence-corrected chi connectivity index (χ0v) is 12.1. The molecule has 19 heavy (non-hydrogen) atoms. The third-order valence-electron chi connectivity index (χ3n) is 3.16. The maximum absolute atomic E-state index is 5.74. The quantitative estimate of drug-likeness (QED) is 0.805. The monoisotopic (exact) mass is 258 g/mol. The van der Waals surface area contributed by atoms with Gasteiger partial charge in [-0.3, -0.25) is 4.68 Å². The molecule has 2 aromatic rings. The molecule has 0 atom stereocenters. The van der Waals surface area contributed by atoms with E-state index in [2.05, 4.69) is 57.1 Å². The minimum Gasteiger partial charge on any atom is -0.486 e. The molecular formula is C16H22N2O. The van der Waals surface area contributed by atoms with E-state index in [1.54, 1.807) is 6.20 Å². The summed E-state index contributed by atoms with van der Waals surface area (Å²) < 4.78 is 7.64. The molecule has 3 heteroatoms. The molecule has 0 aliphatic heterocycles. The lowest BCUT2D eigenvalue weighted by Crippen LogP contribution is -2.00. The average Bonchev–Trinajstić information content (AvgIpc) is 2.86. The molecule has 1 aromatic carbocycles. The van der Waals surface area contributed by atoms with Crippen LogP contribution in [0.15, 0.2) is 36.7 Å². The van der Waals surface area contributed by atoms with Gasteiger partial charge in [0.15, 0.2) is 5.75 Å². The van der Waals surface area contributed by atoms with Crippen molar-refractivity contribution >= 4 is 0 Å². The lowest BCUT2D eigenvalue weighted by Gasteiger charge is -2.07. The van der Waals surface area contributed by atoms with Gasteiger partial charge in [0, 0.05) is 6.04 Å². The number of ether oxygens (including phenoxy) is 1. The highest BCUT2D eigenvalue weighted by molar-refractivity contribution is 5.24. The van der Waals surface area contributed by atoms with Gasteiger partial charge in [0.1, 0.15) is 6.61 Å². The lowest BCUT2D eigenvalue weighted by atomic mass is 10.0. The van der Waals surface area contributed by atoms with Crippen LogP contribution in [0.5, 0.6) is 5.75 Å². The van der Waals surface area contributed by atoms with Crippen molar-refractivity contribution in [3.8, 4) is 5.75 Å². The predicted octanol–water partition coefficient (Wildman–Crippen LogP) is 4.17. The molecule has 0 saturated heterocycles. The fraction of sp³-hybridized carbons (Fsp3) is 0.438. The van der Waals surface area contributed by atoms with Gasteiger partial charge in [-0.1, -0.05) is 38.1 Å². The molecule has 0 aliphatic rings. The Hall–Kier alpha value is -1.77. The first-order valence-corrected chi connectivity index (χ1v) is 6.82. The Bertz CT molecular complexity index is 512. The van der Waals surface area contributed by atoms with Gasteiger partial charge in [-0.05, 0) is 30.9 Å². The molecule has 1 aromatic heterocycles. The van der Waals surface area contributed by atoms with Crippen molar-refractivity contribution in [2.45, 2.75) is 46.3 Å². The molecule has 0 aliphatic carbocycles. The van der Waals surface area contributed by atoms with Gasteiger partial charge in [0.2, 0.25) is 0 Å². The van der Waals surface area contributed by atoms with Gasteiger partial charge < -0.3 is 4.74 Å². The third kappa shape index (κ3) is 3.60. The van der Waals surface area contributed by atoms with Gasteiger partial charge in [0.25, 0.3) is 0 Å². The van der Waals surface area contributed by atoms with E-state index in [0.29, 0.717) is 18.6 Å². The second kappa shape index (κ2) is 5.91. The van der Waals surface area contributed by atoms with Gasteiger partial charge in [0.05, 0.1) is 12.4 Å². The first kappa shape index (κ1) is 13.7. The van der Waals surface area contributed by atoms with E-state index in [0.717, 1.165) is 5.75 Å². The van der Waals surface area contributed by atoms with Crippen LogP contribution < -0.4 is 4.74 Å². The van der Waals surface area contributed by atoms with Gasteiger partial charge >= 0.3 is 0 Å². The van der Waals surface area contributed by atoms with Crippen LogP contribution in [0.25, 0.3) is 0 Å². The van der Waals surface area contributed by atoms with Crippen molar-refractivity contribution in [1.82, 2.24) is 9.78 Å². The zero-order valence-electron chi connectivity index (χ0n) is 12.1. The number of nitrogens with zero attached hydrogens (tertiary/aromatic N) is 2. The second-order valence-corrected chi connectivity index (χ2v) is 5.43. The molecular weight excluding hydrogens is 236 g/mol. The van der Waals surface area contributed by atoms with Crippen LogP contribution >= 0.6 is 0 Å². The molecule has 0 N–H and O–H groups in total. The summed E-state index contributed by atoms with van der Waals surface area (Å²) in [5, 5.41) is 4.26. The Morgan fingerprint density at radius 2 is 1.79 bits per heavy atom. The molecule has 0 saturated carbocycles. The van der Waals surface area contributed by atoms with Crippen LogP contribution in [-0.4, -0.2) is 9.78 Å². The van der Waals surface area contributed by atoms with Crippen LogP contribution in [-0.2, 0) is 6.61 Å². The van der Waals surface area contributed by atoms with E-state index in [9.17, 15) is 0 Å². The summed E-state index contributed by atoms with van der Waals surface area (Å²) in [6, 6.07) is 8.95. The van der Waals surface area contributed by atoms with E-state index in [4.69, 9.17) is 4.74 Å². The molecule has 0 spiro atoms. The van der Waals surface area contributed by atoms with Crippen LogP contribution in [0.3, 0.4) is 0 Å². The summed E-state index contributed by atoms with van der Waals surface area (Å²) in [5.41, 5.74) is 2.54.